The Morgan fingerprint density at radius 1 is 1.60 bits per heavy atom. The lowest BCUT2D eigenvalue weighted by molar-refractivity contribution is -0.123. The topological polar surface area (TPSA) is 84.6 Å². The van der Waals surface area contributed by atoms with Gasteiger partial charge >= 0.3 is 0 Å². The van der Waals surface area contributed by atoms with Gasteiger partial charge in [-0.05, 0) is 19.3 Å². The zero-order valence-electron chi connectivity index (χ0n) is 9.53. The summed E-state index contributed by atoms with van der Waals surface area (Å²) < 4.78 is 4.87. The highest BCUT2D eigenvalue weighted by atomic mass is 16.5. The molecule has 0 aliphatic carbocycles. The van der Waals surface area contributed by atoms with E-state index in [2.05, 4.69) is 5.32 Å². The van der Waals surface area contributed by atoms with Gasteiger partial charge in [-0.15, -0.1) is 0 Å². The van der Waals surface area contributed by atoms with Gasteiger partial charge in [0.05, 0.1) is 18.7 Å². The molecule has 1 amide bonds. The third-order valence-corrected chi connectivity index (χ3v) is 2.26. The van der Waals surface area contributed by atoms with Crippen molar-refractivity contribution in [2.75, 3.05) is 20.3 Å². The Morgan fingerprint density at radius 3 is 2.73 bits per heavy atom. The largest absolute Gasteiger partial charge is 0.394 e. The fraction of sp³-hybridized carbons (Fsp3) is 0.900. The molecule has 0 saturated heterocycles. The standard InChI is InChI=1S/C10H22N2O3/c1-3-8(7-13)12-10(14)9(11)5-4-6-15-2/h8-9,13H,3-7,11H2,1-2H3,(H,12,14). The molecule has 0 radical (unpaired) electrons. The number of carbonyl (C=O) groups excluding carboxylic acids is 1. The molecule has 5 heteroatoms. The second-order valence-corrected chi connectivity index (χ2v) is 3.54. The molecule has 15 heavy (non-hydrogen) atoms. The highest BCUT2D eigenvalue weighted by Gasteiger charge is 2.15. The first-order valence-corrected chi connectivity index (χ1v) is 5.31. The lowest BCUT2D eigenvalue weighted by Gasteiger charge is -2.17. The summed E-state index contributed by atoms with van der Waals surface area (Å²) in [6.07, 6.45) is 2.07. The summed E-state index contributed by atoms with van der Waals surface area (Å²) >= 11 is 0. The van der Waals surface area contributed by atoms with Crippen LogP contribution in [0.4, 0.5) is 0 Å². The van der Waals surface area contributed by atoms with Gasteiger partial charge in [0.2, 0.25) is 5.91 Å². The predicted molar refractivity (Wildman–Crippen MR) is 58.4 cm³/mol. The molecule has 0 aliphatic heterocycles. The van der Waals surface area contributed by atoms with E-state index >= 15 is 0 Å². The minimum atomic E-state index is -0.513. The fourth-order valence-corrected chi connectivity index (χ4v) is 1.16. The minimum Gasteiger partial charge on any atom is -0.394 e. The van der Waals surface area contributed by atoms with Crippen LogP contribution >= 0.6 is 0 Å². The van der Waals surface area contributed by atoms with Crippen LogP contribution in [0.15, 0.2) is 0 Å². The third-order valence-electron chi connectivity index (χ3n) is 2.26. The summed E-state index contributed by atoms with van der Waals surface area (Å²) in [5, 5.41) is 11.6. The van der Waals surface area contributed by atoms with Gasteiger partial charge in [0.15, 0.2) is 0 Å². The van der Waals surface area contributed by atoms with Crippen LogP contribution < -0.4 is 11.1 Å². The van der Waals surface area contributed by atoms with Crippen molar-refractivity contribution in [2.24, 2.45) is 5.73 Å². The average molecular weight is 218 g/mol. The molecule has 90 valence electrons. The molecule has 0 heterocycles. The van der Waals surface area contributed by atoms with E-state index < -0.39 is 6.04 Å². The van der Waals surface area contributed by atoms with Crippen molar-refractivity contribution < 1.29 is 14.6 Å². The van der Waals surface area contributed by atoms with Gasteiger partial charge in [0, 0.05) is 13.7 Å². The normalized spacial score (nSPS) is 14.7. The van der Waals surface area contributed by atoms with E-state index in [1.807, 2.05) is 6.92 Å². The number of carbonyl (C=O) groups is 1. The number of ether oxygens (including phenoxy) is 1. The number of hydrogen-bond acceptors (Lipinski definition) is 4. The monoisotopic (exact) mass is 218 g/mol. The smallest absolute Gasteiger partial charge is 0.237 e. The molecule has 0 aromatic rings. The number of methoxy groups -OCH3 is 1. The van der Waals surface area contributed by atoms with Gasteiger partial charge in [-0.3, -0.25) is 4.79 Å². The first-order valence-electron chi connectivity index (χ1n) is 5.31. The maximum absolute atomic E-state index is 11.5. The summed E-state index contributed by atoms with van der Waals surface area (Å²) in [5.74, 6) is -0.202. The molecular formula is C10H22N2O3. The summed E-state index contributed by atoms with van der Waals surface area (Å²) in [7, 11) is 1.62. The number of amides is 1. The highest BCUT2D eigenvalue weighted by molar-refractivity contribution is 5.81. The van der Waals surface area contributed by atoms with Crippen LogP contribution in [-0.4, -0.2) is 43.4 Å². The summed E-state index contributed by atoms with van der Waals surface area (Å²) in [4.78, 5) is 11.5. The number of rotatable bonds is 8. The molecule has 0 spiro atoms. The minimum absolute atomic E-state index is 0.0486. The molecule has 0 aromatic carbocycles. The second-order valence-electron chi connectivity index (χ2n) is 3.54. The molecule has 0 fully saturated rings. The lowest BCUT2D eigenvalue weighted by atomic mass is 10.1. The number of aliphatic hydroxyl groups excluding tert-OH is 1. The number of aliphatic hydroxyl groups is 1. The van der Waals surface area contributed by atoms with E-state index in [4.69, 9.17) is 15.6 Å². The van der Waals surface area contributed by atoms with Gasteiger partial charge in [-0.1, -0.05) is 6.92 Å². The predicted octanol–water partition coefficient (Wildman–Crippen LogP) is -0.373. The van der Waals surface area contributed by atoms with Gasteiger partial charge < -0.3 is 20.9 Å². The molecule has 5 nitrogen and oxygen atoms in total. The van der Waals surface area contributed by atoms with E-state index in [-0.39, 0.29) is 18.6 Å². The average Bonchev–Trinajstić information content (AvgIpc) is 2.25. The van der Waals surface area contributed by atoms with Crippen molar-refractivity contribution in [1.29, 1.82) is 0 Å². The van der Waals surface area contributed by atoms with Crippen LogP contribution in [-0.2, 0) is 9.53 Å². The Morgan fingerprint density at radius 2 is 2.27 bits per heavy atom. The molecular weight excluding hydrogens is 196 g/mol. The second kappa shape index (κ2) is 8.64. The van der Waals surface area contributed by atoms with Crippen molar-refractivity contribution in [3.05, 3.63) is 0 Å². The van der Waals surface area contributed by atoms with Gasteiger partial charge in [0.25, 0.3) is 0 Å². The summed E-state index contributed by atoms with van der Waals surface area (Å²) in [6, 6.07) is -0.702. The van der Waals surface area contributed by atoms with Gasteiger partial charge in [0.1, 0.15) is 0 Å². The maximum Gasteiger partial charge on any atom is 0.237 e. The van der Waals surface area contributed by atoms with Gasteiger partial charge in [-0.25, -0.2) is 0 Å². The van der Waals surface area contributed by atoms with Crippen LogP contribution in [0.3, 0.4) is 0 Å². The number of hydrogen-bond donors (Lipinski definition) is 3. The van der Waals surface area contributed by atoms with Crippen LogP contribution in [0, 0.1) is 0 Å². The van der Waals surface area contributed by atoms with Crippen LogP contribution in [0.5, 0.6) is 0 Å². The summed E-state index contributed by atoms with van der Waals surface area (Å²) in [5.41, 5.74) is 5.67. The van der Waals surface area contributed by atoms with Crippen molar-refractivity contribution in [1.82, 2.24) is 5.32 Å². The van der Waals surface area contributed by atoms with Crippen LogP contribution in [0.25, 0.3) is 0 Å². The molecule has 0 aliphatic rings. The zero-order chi connectivity index (χ0) is 11.7. The maximum atomic E-state index is 11.5. The van der Waals surface area contributed by atoms with Crippen molar-refractivity contribution in [3.8, 4) is 0 Å². The van der Waals surface area contributed by atoms with Crippen molar-refractivity contribution in [3.63, 3.8) is 0 Å². The van der Waals surface area contributed by atoms with Crippen molar-refractivity contribution >= 4 is 5.91 Å². The highest BCUT2D eigenvalue weighted by Crippen LogP contribution is 1.97. The molecule has 2 unspecified atom stereocenters. The van der Waals surface area contributed by atoms with E-state index in [0.717, 1.165) is 6.42 Å². The Kier molecular flexibility index (Phi) is 8.27. The van der Waals surface area contributed by atoms with Gasteiger partial charge in [-0.2, -0.15) is 0 Å². The Bertz CT molecular complexity index is 172. The molecule has 2 atom stereocenters. The van der Waals surface area contributed by atoms with Crippen LogP contribution in [0.2, 0.25) is 0 Å². The Balaban J connectivity index is 3.77. The molecule has 0 aromatic heterocycles. The van der Waals surface area contributed by atoms with E-state index in [9.17, 15) is 4.79 Å². The first-order chi connectivity index (χ1) is 7.15. The first kappa shape index (κ1) is 14.3. The number of nitrogens with one attached hydrogen (secondary N) is 1. The van der Waals surface area contributed by atoms with E-state index in [1.54, 1.807) is 7.11 Å². The molecule has 0 saturated carbocycles. The molecule has 0 rings (SSSR count). The van der Waals surface area contributed by atoms with Crippen LogP contribution in [0.1, 0.15) is 26.2 Å². The van der Waals surface area contributed by atoms with Crippen molar-refractivity contribution in [2.45, 2.75) is 38.3 Å². The lowest BCUT2D eigenvalue weighted by Crippen LogP contribution is -2.46. The molecule has 4 N–H and O–H groups in total. The SMILES string of the molecule is CCC(CO)NC(=O)C(N)CCCOC. The summed E-state index contributed by atoms with van der Waals surface area (Å²) in [6.45, 7) is 2.46. The third kappa shape index (κ3) is 6.43. The Labute approximate surface area is 91.0 Å². The number of nitrogens with two attached hydrogens (primary N) is 1. The quantitative estimate of drug-likeness (QED) is 0.485. The fourth-order valence-electron chi connectivity index (χ4n) is 1.16. The van der Waals surface area contributed by atoms with E-state index in [0.29, 0.717) is 19.4 Å². The zero-order valence-corrected chi connectivity index (χ0v) is 9.53. The molecule has 0 bridgehead atoms. The van der Waals surface area contributed by atoms with E-state index in [1.165, 1.54) is 0 Å². The Hall–Kier alpha value is -0.650.